The number of hydrogen-bond donors (Lipinski definition) is 2. The second kappa shape index (κ2) is 9.78. The van der Waals surface area contributed by atoms with Gasteiger partial charge in [0.15, 0.2) is 0 Å². The second-order valence-electron chi connectivity index (χ2n) is 7.90. The number of allylic oxidation sites excluding steroid dienone is 1. The van der Waals surface area contributed by atoms with Crippen LogP contribution < -0.4 is 10.6 Å². The van der Waals surface area contributed by atoms with Gasteiger partial charge < -0.3 is 15.2 Å². The molecule has 4 aromatic rings. The van der Waals surface area contributed by atoms with E-state index in [9.17, 15) is 13.2 Å². The molecular formula is C25H23F3N6. The number of aromatic nitrogens is 4. The van der Waals surface area contributed by atoms with Crippen LogP contribution in [0.3, 0.4) is 0 Å². The molecule has 0 aliphatic carbocycles. The highest BCUT2D eigenvalue weighted by atomic mass is 19.4. The zero-order valence-electron chi connectivity index (χ0n) is 18.5. The molecule has 174 valence electrons. The Balaban J connectivity index is 1.31. The molecule has 0 unspecified atom stereocenters. The lowest BCUT2D eigenvalue weighted by Gasteiger charge is -2.12. The molecule has 0 spiro atoms. The van der Waals surface area contributed by atoms with E-state index in [4.69, 9.17) is 0 Å². The average Bonchev–Trinajstić information content (AvgIpc) is 3.23. The second-order valence-corrected chi connectivity index (χ2v) is 7.90. The predicted molar refractivity (Wildman–Crippen MR) is 125 cm³/mol. The lowest BCUT2D eigenvalue weighted by molar-refractivity contribution is -0.137. The summed E-state index contributed by atoms with van der Waals surface area (Å²) in [6.45, 7) is 4.20. The van der Waals surface area contributed by atoms with Crippen LogP contribution in [0.1, 0.15) is 16.7 Å². The van der Waals surface area contributed by atoms with E-state index in [1.807, 2.05) is 54.3 Å². The van der Waals surface area contributed by atoms with E-state index in [-0.39, 0.29) is 6.54 Å². The Morgan fingerprint density at radius 3 is 2.35 bits per heavy atom. The smallest absolute Gasteiger partial charge is 0.384 e. The van der Waals surface area contributed by atoms with E-state index in [1.165, 1.54) is 6.20 Å². The van der Waals surface area contributed by atoms with E-state index in [1.54, 1.807) is 12.4 Å². The Hall–Kier alpha value is -4.14. The number of nitrogens with one attached hydrogen (secondary N) is 2. The first-order chi connectivity index (χ1) is 16.3. The summed E-state index contributed by atoms with van der Waals surface area (Å²) in [5, 5.41) is 6.22. The molecule has 1 aromatic carbocycles. The van der Waals surface area contributed by atoms with E-state index >= 15 is 0 Å². The fourth-order valence-corrected chi connectivity index (χ4v) is 3.34. The third kappa shape index (κ3) is 6.00. The van der Waals surface area contributed by atoms with Gasteiger partial charge in [0.1, 0.15) is 0 Å². The number of halogens is 3. The molecule has 9 heteroatoms. The molecule has 2 N–H and O–H groups in total. The SMILES string of the molecule is C=C(Cc1ccc(-c2cnc(Nc3ccn(C)c3)nc2)cc1)NCc1cncc(C(F)(F)F)c1. The topological polar surface area (TPSA) is 67.7 Å². The Bertz CT molecular complexity index is 1260. The number of hydrogen-bond acceptors (Lipinski definition) is 5. The summed E-state index contributed by atoms with van der Waals surface area (Å²) in [5.74, 6) is 0.518. The van der Waals surface area contributed by atoms with Crippen molar-refractivity contribution in [2.75, 3.05) is 5.32 Å². The molecule has 0 amide bonds. The number of anilines is 2. The third-order valence-corrected chi connectivity index (χ3v) is 5.11. The van der Waals surface area contributed by atoms with Crippen molar-refractivity contribution in [1.29, 1.82) is 0 Å². The highest BCUT2D eigenvalue weighted by molar-refractivity contribution is 5.63. The molecular weight excluding hydrogens is 441 g/mol. The fraction of sp³-hybridized carbons (Fsp3) is 0.160. The van der Waals surface area contributed by atoms with E-state index < -0.39 is 11.7 Å². The molecule has 0 saturated heterocycles. The summed E-state index contributed by atoms with van der Waals surface area (Å²) < 4.78 is 40.4. The summed E-state index contributed by atoms with van der Waals surface area (Å²) in [7, 11) is 1.94. The zero-order chi connectivity index (χ0) is 24.1. The first-order valence-corrected chi connectivity index (χ1v) is 10.5. The average molecular weight is 464 g/mol. The molecule has 0 bridgehead atoms. The van der Waals surface area contributed by atoms with Crippen LogP contribution >= 0.6 is 0 Å². The number of benzene rings is 1. The largest absolute Gasteiger partial charge is 0.417 e. The Kier molecular flexibility index (Phi) is 6.62. The Morgan fingerprint density at radius 2 is 1.71 bits per heavy atom. The molecule has 6 nitrogen and oxygen atoms in total. The van der Waals surface area contributed by atoms with Crippen molar-refractivity contribution in [3.63, 3.8) is 0 Å². The van der Waals surface area contributed by atoms with Crippen molar-refractivity contribution in [3.8, 4) is 11.1 Å². The van der Waals surface area contributed by atoms with Crippen LogP contribution in [0.2, 0.25) is 0 Å². The van der Waals surface area contributed by atoms with Gasteiger partial charge >= 0.3 is 6.18 Å². The van der Waals surface area contributed by atoms with Crippen molar-refractivity contribution in [2.45, 2.75) is 19.1 Å². The quantitative estimate of drug-likeness (QED) is 0.361. The minimum Gasteiger partial charge on any atom is -0.384 e. The fourth-order valence-electron chi connectivity index (χ4n) is 3.34. The summed E-state index contributed by atoms with van der Waals surface area (Å²) in [6.07, 6.45) is 5.76. The molecule has 34 heavy (non-hydrogen) atoms. The van der Waals surface area contributed by atoms with Gasteiger partial charge in [-0.25, -0.2) is 9.97 Å². The summed E-state index contributed by atoms with van der Waals surface area (Å²) >= 11 is 0. The van der Waals surface area contributed by atoms with Crippen molar-refractivity contribution in [3.05, 3.63) is 103 Å². The molecule has 0 aliphatic heterocycles. The maximum absolute atomic E-state index is 12.8. The summed E-state index contributed by atoms with van der Waals surface area (Å²) in [4.78, 5) is 12.4. The minimum atomic E-state index is -4.41. The molecule has 0 saturated carbocycles. The van der Waals surface area contributed by atoms with E-state index in [0.29, 0.717) is 23.6 Å². The first-order valence-electron chi connectivity index (χ1n) is 10.5. The number of rotatable bonds is 8. The Labute approximate surface area is 195 Å². The van der Waals surface area contributed by atoms with E-state index in [0.717, 1.165) is 34.6 Å². The van der Waals surface area contributed by atoms with Crippen LogP contribution in [0, 0.1) is 0 Å². The van der Waals surface area contributed by atoms with Crippen molar-refractivity contribution in [1.82, 2.24) is 24.8 Å². The Morgan fingerprint density at radius 1 is 0.971 bits per heavy atom. The molecule has 3 aromatic heterocycles. The molecule has 0 radical (unpaired) electrons. The van der Waals surface area contributed by atoms with Crippen LogP contribution in [0.25, 0.3) is 11.1 Å². The van der Waals surface area contributed by atoms with Gasteiger partial charge in [-0.3, -0.25) is 4.98 Å². The van der Waals surface area contributed by atoms with Crippen molar-refractivity contribution < 1.29 is 13.2 Å². The van der Waals surface area contributed by atoms with Gasteiger partial charge in [-0.05, 0) is 28.8 Å². The number of aryl methyl sites for hydroxylation is 1. The minimum absolute atomic E-state index is 0.217. The molecule has 0 aliphatic rings. The first kappa shape index (κ1) is 23.0. The van der Waals surface area contributed by atoms with Gasteiger partial charge in [-0.2, -0.15) is 13.2 Å². The molecule has 0 atom stereocenters. The number of alkyl halides is 3. The van der Waals surface area contributed by atoms with Crippen molar-refractivity contribution >= 4 is 11.6 Å². The summed E-state index contributed by atoms with van der Waals surface area (Å²) in [6, 6.07) is 10.9. The van der Waals surface area contributed by atoms with Gasteiger partial charge in [-0.1, -0.05) is 30.8 Å². The highest BCUT2D eigenvalue weighted by Crippen LogP contribution is 2.29. The zero-order valence-corrected chi connectivity index (χ0v) is 18.5. The molecule has 3 heterocycles. The standard InChI is InChI=1S/C25H23F3N6/c1-17(30-12-19-10-22(15-29-11-19)25(26,27)28)9-18-3-5-20(6-4-18)21-13-31-24(32-14-21)33-23-7-8-34(2)16-23/h3-8,10-11,13-16,30H,1,9,12H2,2H3,(H,31,32,33). The van der Waals surface area contributed by atoms with E-state index in [2.05, 4.69) is 32.2 Å². The number of pyridine rings is 1. The van der Waals surface area contributed by atoms with Crippen molar-refractivity contribution in [2.24, 2.45) is 7.05 Å². The summed E-state index contributed by atoms with van der Waals surface area (Å²) in [5.41, 5.74) is 4.18. The lowest BCUT2D eigenvalue weighted by Crippen LogP contribution is -2.15. The number of nitrogens with zero attached hydrogens (tertiary/aromatic N) is 4. The predicted octanol–water partition coefficient (Wildman–Crippen LogP) is 5.49. The van der Waals surface area contributed by atoms with Crippen LogP contribution in [0.5, 0.6) is 0 Å². The third-order valence-electron chi connectivity index (χ3n) is 5.11. The highest BCUT2D eigenvalue weighted by Gasteiger charge is 2.30. The van der Waals surface area contributed by atoms with Gasteiger partial charge in [-0.15, -0.1) is 0 Å². The molecule has 0 fully saturated rings. The van der Waals surface area contributed by atoms with Crippen LogP contribution in [-0.2, 0) is 26.2 Å². The maximum atomic E-state index is 12.8. The van der Waals surface area contributed by atoms with Gasteiger partial charge in [0.2, 0.25) is 5.95 Å². The monoisotopic (exact) mass is 464 g/mol. The molecule has 4 rings (SSSR count). The van der Waals surface area contributed by atoms with Gasteiger partial charge in [0.25, 0.3) is 0 Å². The van der Waals surface area contributed by atoms with Gasteiger partial charge in [0, 0.05) is 68.5 Å². The van der Waals surface area contributed by atoms with Crippen LogP contribution in [0.4, 0.5) is 24.8 Å². The maximum Gasteiger partial charge on any atom is 0.417 e. The van der Waals surface area contributed by atoms with Crippen LogP contribution in [-0.4, -0.2) is 19.5 Å². The normalized spacial score (nSPS) is 11.3. The van der Waals surface area contributed by atoms with Gasteiger partial charge in [0.05, 0.1) is 11.3 Å². The van der Waals surface area contributed by atoms with Crippen LogP contribution in [0.15, 0.2) is 85.9 Å². The lowest BCUT2D eigenvalue weighted by atomic mass is 10.0.